The summed E-state index contributed by atoms with van der Waals surface area (Å²) in [6.45, 7) is 0. The van der Waals surface area contributed by atoms with Crippen LogP contribution in [0.15, 0.2) is 0 Å². The van der Waals surface area contributed by atoms with Gasteiger partial charge in [-0.2, -0.15) is 8.42 Å². The van der Waals surface area contributed by atoms with E-state index in [0.29, 0.717) is 0 Å². The van der Waals surface area contributed by atoms with E-state index < -0.39 is 19.6 Å². The molecule has 0 aromatic carbocycles. The first-order chi connectivity index (χ1) is 3.73. The second kappa shape index (κ2) is 12.8. The normalized spacial score (nSPS) is 7.45. The average molecular weight is 256 g/mol. The predicted octanol–water partition coefficient (Wildman–Crippen LogP) is -3.56. The van der Waals surface area contributed by atoms with Crippen LogP contribution in [0.5, 0.6) is 0 Å². The fraction of sp³-hybridized carbons (Fsp3) is 0. The van der Waals surface area contributed by atoms with Crippen molar-refractivity contribution in [3.8, 4) is 0 Å². The molecule has 0 aliphatic rings. The Balaban J connectivity index is -0.0000000383. The van der Waals surface area contributed by atoms with E-state index in [-0.39, 0.29) is 103 Å². The molecule has 0 bridgehead atoms. The molecule has 0 aromatic rings. The Kier molecular flexibility index (Phi) is 27.3. The zero-order chi connectivity index (χ0) is 8.08. The molecule has 0 spiro atoms. The van der Waals surface area contributed by atoms with Gasteiger partial charge in [0.25, 0.3) is 0 Å². The molecule has 0 atom stereocenters. The summed E-state index contributed by atoms with van der Waals surface area (Å²) < 4.78 is 40.3. The van der Waals surface area contributed by atoms with Crippen molar-refractivity contribution in [1.29, 1.82) is 0 Å². The van der Waals surface area contributed by atoms with E-state index in [0.717, 1.165) is 0 Å². The van der Waals surface area contributed by atoms with Crippen molar-refractivity contribution in [2.24, 2.45) is 0 Å². The van der Waals surface area contributed by atoms with E-state index in [1.807, 2.05) is 0 Å². The maximum absolute atomic E-state index is 8.74. The molecule has 11 heteroatoms. The third kappa shape index (κ3) is 194. The van der Waals surface area contributed by atoms with E-state index in [1.54, 1.807) is 0 Å². The molecule has 0 radical (unpaired) electrons. The second-order valence-corrected chi connectivity index (χ2v) is 2.19. The van der Waals surface area contributed by atoms with Crippen LogP contribution in [0, 0.1) is 0 Å². The van der Waals surface area contributed by atoms with Crippen molar-refractivity contribution in [2.45, 2.75) is 0 Å². The Bertz CT molecular complexity index is 159. The van der Waals surface area contributed by atoms with Gasteiger partial charge in [-0.25, -0.2) is 0 Å². The van der Waals surface area contributed by atoms with E-state index in [2.05, 4.69) is 0 Å². The van der Waals surface area contributed by atoms with E-state index in [9.17, 15) is 0 Å². The third-order valence-corrected chi connectivity index (χ3v) is 0. The number of hydrogen-bond donors (Lipinski definition) is 4. The summed E-state index contributed by atoms with van der Waals surface area (Å²) in [5, 5.41) is 0. The second-order valence-electron chi connectivity index (χ2n) is 0.730. The van der Waals surface area contributed by atoms with Crippen molar-refractivity contribution in [1.82, 2.24) is 0 Å². The fourth-order valence-corrected chi connectivity index (χ4v) is 0. The van der Waals surface area contributed by atoms with Crippen LogP contribution in [0.4, 0.5) is 0 Å². The zero-order valence-corrected chi connectivity index (χ0v) is 5.74. The summed E-state index contributed by atoms with van der Waals surface area (Å²) in [4.78, 5) is 14.3. The Morgan fingerprint density at radius 2 is 1.00 bits per heavy atom. The number of hydrogen-bond acceptors (Lipinski definition) is 3. The molecule has 0 heterocycles. The monoisotopic (exact) mass is 256 g/mol. The molecule has 0 aliphatic carbocycles. The van der Waals surface area contributed by atoms with Gasteiger partial charge in [0.2, 0.25) is 0 Å². The molecular formula is H6K2O7SSi. The number of rotatable bonds is 0. The molecular weight excluding hydrogens is 250 g/mol. The van der Waals surface area contributed by atoms with Crippen LogP contribution in [-0.4, -0.2) is 139 Å². The molecule has 0 aromatic heterocycles. The SMILES string of the molecule is O=S(=O)(O)O.O=[Si](O)O.[KH].[KH]. The van der Waals surface area contributed by atoms with Crippen molar-refractivity contribution in [3.05, 3.63) is 0 Å². The summed E-state index contributed by atoms with van der Waals surface area (Å²) >= 11 is 0. The van der Waals surface area contributed by atoms with Crippen molar-refractivity contribution in [3.63, 3.8) is 0 Å². The van der Waals surface area contributed by atoms with Crippen molar-refractivity contribution in [2.75, 3.05) is 0 Å². The van der Waals surface area contributed by atoms with Gasteiger partial charge < -0.3 is 9.59 Å². The van der Waals surface area contributed by atoms with Gasteiger partial charge in [-0.05, 0) is 0 Å². The van der Waals surface area contributed by atoms with Gasteiger partial charge >= 0.3 is 122 Å². The molecule has 0 fully saturated rings. The van der Waals surface area contributed by atoms with Crippen LogP contribution in [0.25, 0.3) is 0 Å². The molecule has 0 saturated carbocycles. The topological polar surface area (TPSA) is 132 Å². The Hall–Kier alpha value is 2.76. The molecule has 0 aliphatic heterocycles. The third-order valence-electron chi connectivity index (χ3n) is 0. The average Bonchev–Trinajstić information content (AvgIpc) is 1.19. The standard InChI is InChI=1S/2K.H2O4S.H2O3Si.2H/c;;1-5(2,3)4;1-4(2)3;;/h;;(H2,1,2,3,4);1-2H;;. The molecule has 60 valence electrons. The van der Waals surface area contributed by atoms with Gasteiger partial charge in [0.05, 0.1) is 0 Å². The summed E-state index contributed by atoms with van der Waals surface area (Å²) in [5.41, 5.74) is 0. The molecule has 0 amide bonds. The van der Waals surface area contributed by atoms with E-state index in [1.165, 1.54) is 0 Å². The van der Waals surface area contributed by atoms with Crippen LogP contribution in [-0.2, 0) is 14.9 Å². The Labute approximate surface area is 150 Å². The molecule has 7 nitrogen and oxygen atoms in total. The van der Waals surface area contributed by atoms with E-state index in [4.69, 9.17) is 31.6 Å². The molecule has 0 unspecified atom stereocenters. The molecule has 0 saturated heterocycles. The summed E-state index contributed by atoms with van der Waals surface area (Å²) in [6, 6.07) is 0. The van der Waals surface area contributed by atoms with Gasteiger partial charge in [0.1, 0.15) is 0 Å². The summed E-state index contributed by atoms with van der Waals surface area (Å²) in [5.74, 6) is 0. The zero-order valence-electron chi connectivity index (χ0n) is 3.92. The minimum atomic E-state index is -4.67. The molecule has 4 N–H and O–H groups in total. The van der Waals surface area contributed by atoms with Crippen LogP contribution < -0.4 is 0 Å². The minimum absolute atomic E-state index is 0. The first-order valence-electron chi connectivity index (χ1n) is 1.35. The van der Waals surface area contributed by atoms with E-state index >= 15 is 0 Å². The summed E-state index contributed by atoms with van der Waals surface area (Å²) in [6.07, 6.45) is 0. The first kappa shape index (κ1) is 23.5. The van der Waals surface area contributed by atoms with Gasteiger partial charge in [-0.1, -0.05) is 0 Å². The molecule has 11 heavy (non-hydrogen) atoms. The predicted molar refractivity (Wildman–Crippen MR) is 39.4 cm³/mol. The van der Waals surface area contributed by atoms with Crippen molar-refractivity contribution < 1.29 is 31.6 Å². The Morgan fingerprint density at radius 1 is 1.00 bits per heavy atom. The van der Waals surface area contributed by atoms with Gasteiger partial charge in [-0.15, -0.1) is 0 Å². The van der Waals surface area contributed by atoms with Crippen LogP contribution in [0.3, 0.4) is 0 Å². The van der Waals surface area contributed by atoms with Gasteiger partial charge in [-0.3, -0.25) is 13.6 Å². The van der Waals surface area contributed by atoms with Crippen LogP contribution in [0.1, 0.15) is 0 Å². The van der Waals surface area contributed by atoms with Crippen molar-refractivity contribution >= 4 is 122 Å². The molecule has 0 rings (SSSR count). The fourth-order valence-electron chi connectivity index (χ4n) is 0. The van der Waals surface area contributed by atoms with Crippen LogP contribution >= 0.6 is 0 Å². The summed E-state index contributed by atoms with van der Waals surface area (Å²) in [7, 11) is -7.80. The van der Waals surface area contributed by atoms with Gasteiger partial charge in [0.15, 0.2) is 0 Å². The first-order valence-corrected chi connectivity index (χ1v) is 4.05. The maximum atomic E-state index is 8.74. The van der Waals surface area contributed by atoms with Crippen LogP contribution in [0.2, 0.25) is 0 Å². The quantitative estimate of drug-likeness (QED) is 0.260. The van der Waals surface area contributed by atoms with Gasteiger partial charge in [0, 0.05) is 0 Å². The Morgan fingerprint density at radius 3 is 1.00 bits per heavy atom.